The van der Waals surface area contributed by atoms with Crippen LogP contribution in [0.25, 0.3) is 0 Å². The average molecular weight is 467 g/mol. The van der Waals surface area contributed by atoms with E-state index in [-0.39, 0.29) is 12.3 Å². The maximum atomic E-state index is 6.48. The standard InChI is InChI=1S/C24H23BrN2OS/c1-14(2)16-5-7-17(8-6-16)24-27-21(19-12-18(25)9-10-22(19)28-24)13-20(26-27)23-11-4-15(3)29-23/h4-12,14,21,24H,13H2,1-3H3/t21-,24+/m1/s1. The number of hydrogen-bond donors (Lipinski definition) is 0. The lowest BCUT2D eigenvalue weighted by Gasteiger charge is -2.38. The molecule has 0 saturated heterocycles. The van der Waals surface area contributed by atoms with Gasteiger partial charge in [0, 0.05) is 26.9 Å². The van der Waals surface area contributed by atoms with Gasteiger partial charge in [-0.3, -0.25) is 0 Å². The van der Waals surface area contributed by atoms with Gasteiger partial charge in [0.1, 0.15) is 5.75 Å². The number of ether oxygens (including phenoxy) is 1. The van der Waals surface area contributed by atoms with E-state index in [1.165, 1.54) is 20.9 Å². The molecule has 0 N–H and O–H groups in total. The number of rotatable bonds is 3. The molecule has 3 aromatic rings. The normalized spacial score (nSPS) is 20.3. The summed E-state index contributed by atoms with van der Waals surface area (Å²) in [5, 5.41) is 7.21. The van der Waals surface area contributed by atoms with Crippen LogP contribution < -0.4 is 4.74 Å². The van der Waals surface area contributed by atoms with Crippen LogP contribution in [-0.2, 0) is 0 Å². The third-order valence-electron chi connectivity index (χ3n) is 5.66. The second kappa shape index (κ2) is 7.29. The van der Waals surface area contributed by atoms with E-state index in [2.05, 4.69) is 90.2 Å². The Labute approximate surface area is 184 Å². The predicted molar refractivity (Wildman–Crippen MR) is 123 cm³/mol. The van der Waals surface area contributed by atoms with Crippen molar-refractivity contribution >= 4 is 33.0 Å². The van der Waals surface area contributed by atoms with Crippen molar-refractivity contribution in [2.75, 3.05) is 0 Å². The summed E-state index contributed by atoms with van der Waals surface area (Å²) in [6, 6.07) is 19.6. The molecule has 0 spiro atoms. The zero-order chi connectivity index (χ0) is 20.1. The molecule has 0 radical (unpaired) electrons. The van der Waals surface area contributed by atoms with Crippen LogP contribution in [0.15, 0.2) is 64.2 Å². The number of aryl methyl sites for hydroxylation is 1. The Bertz CT molecular complexity index is 1090. The molecule has 3 nitrogen and oxygen atoms in total. The van der Waals surface area contributed by atoms with E-state index in [4.69, 9.17) is 9.84 Å². The first-order chi connectivity index (χ1) is 14.0. The van der Waals surface area contributed by atoms with E-state index in [9.17, 15) is 0 Å². The van der Waals surface area contributed by atoms with Crippen molar-refractivity contribution in [3.8, 4) is 5.75 Å². The lowest BCUT2D eigenvalue weighted by atomic mass is 9.97. The summed E-state index contributed by atoms with van der Waals surface area (Å²) in [6.45, 7) is 6.58. The van der Waals surface area contributed by atoms with Crippen LogP contribution in [0.5, 0.6) is 5.75 Å². The van der Waals surface area contributed by atoms with Crippen molar-refractivity contribution in [3.63, 3.8) is 0 Å². The molecule has 0 aliphatic carbocycles. The third kappa shape index (κ3) is 3.40. The number of nitrogens with zero attached hydrogens (tertiary/aromatic N) is 2. The number of benzene rings is 2. The summed E-state index contributed by atoms with van der Waals surface area (Å²) >= 11 is 5.43. The second-order valence-corrected chi connectivity index (χ2v) is 10.2. The summed E-state index contributed by atoms with van der Waals surface area (Å²) in [4.78, 5) is 2.56. The van der Waals surface area contributed by atoms with E-state index in [0.29, 0.717) is 5.92 Å². The van der Waals surface area contributed by atoms with Gasteiger partial charge >= 0.3 is 0 Å². The van der Waals surface area contributed by atoms with Crippen molar-refractivity contribution in [1.82, 2.24) is 5.01 Å². The first-order valence-corrected chi connectivity index (χ1v) is 11.6. The minimum Gasteiger partial charge on any atom is -0.464 e. The monoisotopic (exact) mass is 466 g/mol. The van der Waals surface area contributed by atoms with Gasteiger partial charge in [-0.1, -0.05) is 54.0 Å². The molecule has 2 aliphatic heterocycles. The molecule has 5 heteroatoms. The highest BCUT2D eigenvalue weighted by Gasteiger charge is 2.41. The van der Waals surface area contributed by atoms with Gasteiger partial charge < -0.3 is 4.74 Å². The van der Waals surface area contributed by atoms with E-state index in [0.717, 1.165) is 27.9 Å². The highest BCUT2D eigenvalue weighted by atomic mass is 79.9. The number of halogens is 1. The molecule has 3 heterocycles. The Morgan fingerprint density at radius 1 is 1.10 bits per heavy atom. The summed E-state index contributed by atoms with van der Waals surface area (Å²) in [5.41, 5.74) is 4.82. The summed E-state index contributed by atoms with van der Waals surface area (Å²) < 4.78 is 7.55. The molecule has 148 valence electrons. The third-order valence-corrected chi connectivity index (χ3v) is 7.21. The topological polar surface area (TPSA) is 24.8 Å². The van der Waals surface area contributed by atoms with Crippen molar-refractivity contribution in [1.29, 1.82) is 0 Å². The lowest BCUT2D eigenvalue weighted by molar-refractivity contribution is -0.0190. The fourth-order valence-electron chi connectivity index (χ4n) is 4.06. The first-order valence-electron chi connectivity index (χ1n) is 9.98. The molecule has 2 aliphatic rings. The highest BCUT2D eigenvalue weighted by Crippen LogP contribution is 2.48. The molecule has 2 aromatic carbocycles. The maximum absolute atomic E-state index is 6.48. The van der Waals surface area contributed by atoms with E-state index in [1.54, 1.807) is 0 Å². The highest BCUT2D eigenvalue weighted by molar-refractivity contribution is 9.10. The number of fused-ring (bicyclic) bond motifs is 3. The molecule has 1 aromatic heterocycles. The van der Waals surface area contributed by atoms with Gasteiger partial charge in [0.05, 0.1) is 16.6 Å². The van der Waals surface area contributed by atoms with E-state index < -0.39 is 0 Å². The quantitative estimate of drug-likeness (QED) is 0.408. The smallest absolute Gasteiger partial charge is 0.213 e. The average Bonchev–Trinajstić information content (AvgIpc) is 3.34. The van der Waals surface area contributed by atoms with Crippen LogP contribution in [0.3, 0.4) is 0 Å². The van der Waals surface area contributed by atoms with E-state index >= 15 is 0 Å². The zero-order valence-electron chi connectivity index (χ0n) is 16.7. The van der Waals surface area contributed by atoms with Crippen LogP contribution in [0.1, 0.15) is 64.9 Å². The molecule has 5 rings (SSSR count). The van der Waals surface area contributed by atoms with Crippen molar-refractivity contribution in [2.24, 2.45) is 5.10 Å². The van der Waals surface area contributed by atoms with Gasteiger partial charge in [-0.2, -0.15) is 5.10 Å². The minimum absolute atomic E-state index is 0.184. The number of hydrogen-bond acceptors (Lipinski definition) is 4. The summed E-state index contributed by atoms with van der Waals surface area (Å²) in [7, 11) is 0. The Hall–Kier alpha value is -2.11. The molecule has 0 saturated carbocycles. The zero-order valence-corrected chi connectivity index (χ0v) is 19.1. The Kier molecular flexibility index (Phi) is 4.75. The molecular weight excluding hydrogens is 444 g/mol. The van der Waals surface area contributed by atoms with Gasteiger partial charge in [0.2, 0.25) is 6.23 Å². The molecule has 2 atom stereocenters. The van der Waals surface area contributed by atoms with Gasteiger partial charge in [0.25, 0.3) is 0 Å². The lowest BCUT2D eigenvalue weighted by Crippen LogP contribution is -2.33. The largest absolute Gasteiger partial charge is 0.464 e. The van der Waals surface area contributed by atoms with Crippen LogP contribution in [0.4, 0.5) is 0 Å². The molecule has 29 heavy (non-hydrogen) atoms. The van der Waals surface area contributed by atoms with Gasteiger partial charge in [-0.05, 0) is 48.7 Å². The van der Waals surface area contributed by atoms with Crippen LogP contribution >= 0.6 is 27.3 Å². The SMILES string of the molecule is Cc1ccc(C2=NN3[C@H](C2)c2cc(Br)ccc2O[C@H]3c2ccc(C(C)C)cc2)s1. The number of thiophene rings is 1. The van der Waals surface area contributed by atoms with Gasteiger partial charge in [0.15, 0.2) is 0 Å². The van der Waals surface area contributed by atoms with Gasteiger partial charge in [-0.25, -0.2) is 5.01 Å². The van der Waals surface area contributed by atoms with E-state index in [1.807, 2.05) is 17.4 Å². The molecule has 0 fully saturated rings. The number of hydrazone groups is 1. The fourth-order valence-corrected chi connectivity index (χ4v) is 5.30. The van der Waals surface area contributed by atoms with Crippen molar-refractivity contribution in [2.45, 2.75) is 45.4 Å². The fraction of sp³-hybridized carbons (Fsp3) is 0.292. The maximum Gasteiger partial charge on any atom is 0.213 e. The first kappa shape index (κ1) is 18.9. The molecular formula is C24H23BrN2OS. The van der Waals surface area contributed by atoms with Crippen LogP contribution in [0.2, 0.25) is 0 Å². The molecule has 0 unspecified atom stereocenters. The van der Waals surface area contributed by atoms with Crippen LogP contribution in [0, 0.1) is 6.92 Å². The van der Waals surface area contributed by atoms with Crippen molar-refractivity contribution < 1.29 is 4.74 Å². The predicted octanol–water partition coefficient (Wildman–Crippen LogP) is 7.18. The Balaban J connectivity index is 1.57. The van der Waals surface area contributed by atoms with Crippen molar-refractivity contribution in [3.05, 3.63) is 85.5 Å². The minimum atomic E-state index is -0.214. The molecule has 0 amide bonds. The van der Waals surface area contributed by atoms with Crippen LogP contribution in [-0.4, -0.2) is 10.7 Å². The van der Waals surface area contributed by atoms with Gasteiger partial charge in [-0.15, -0.1) is 11.3 Å². The molecule has 0 bridgehead atoms. The Morgan fingerprint density at radius 2 is 1.90 bits per heavy atom. The summed E-state index contributed by atoms with van der Waals surface area (Å²) in [5.74, 6) is 1.46. The Morgan fingerprint density at radius 3 is 2.59 bits per heavy atom. The summed E-state index contributed by atoms with van der Waals surface area (Å²) in [6.07, 6.45) is 0.682. The second-order valence-electron chi connectivity index (χ2n) is 8.03.